The third-order valence-corrected chi connectivity index (χ3v) is 5.15. The minimum absolute atomic E-state index is 0.0841. The molecule has 0 aromatic carbocycles. The first-order chi connectivity index (χ1) is 8.91. The Kier molecular flexibility index (Phi) is 4.54. The molecule has 0 bridgehead atoms. The van der Waals surface area contributed by atoms with Crippen LogP contribution in [-0.2, 0) is 9.53 Å². The second-order valence-electron chi connectivity index (χ2n) is 7.13. The number of ether oxygens (including phenoxy) is 1. The molecule has 3 heteroatoms. The van der Waals surface area contributed by atoms with Crippen molar-refractivity contribution in [1.29, 1.82) is 0 Å². The van der Waals surface area contributed by atoms with Gasteiger partial charge in [0.25, 0.3) is 0 Å². The summed E-state index contributed by atoms with van der Waals surface area (Å²) in [5, 5.41) is 0. The summed E-state index contributed by atoms with van der Waals surface area (Å²) in [6.07, 6.45) is 7.40. The van der Waals surface area contributed by atoms with Crippen LogP contribution in [0.5, 0.6) is 0 Å². The van der Waals surface area contributed by atoms with E-state index in [9.17, 15) is 4.79 Å². The minimum atomic E-state index is -0.734. The minimum Gasteiger partial charge on any atom is -0.461 e. The van der Waals surface area contributed by atoms with E-state index in [-0.39, 0.29) is 18.0 Å². The molecular formula is C16H29NO2. The molecule has 0 saturated heterocycles. The van der Waals surface area contributed by atoms with Gasteiger partial charge in [-0.25, -0.2) is 0 Å². The van der Waals surface area contributed by atoms with Gasteiger partial charge in [0.05, 0.1) is 0 Å². The molecule has 19 heavy (non-hydrogen) atoms. The smallest absolute Gasteiger partial charge is 0.326 e. The molecule has 2 fully saturated rings. The summed E-state index contributed by atoms with van der Waals surface area (Å²) >= 11 is 0. The molecule has 2 saturated carbocycles. The lowest BCUT2D eigenvalue weighted by molar-refractivity contribution is -0.162. The van der Waals surface area contributed by atoms with Crippen LogP contribution in [0.1, 0.15) is 65.7 Å². The van der Waals surface area contributed by atoms with Gasteiger partial charge in [0.15, 0.2) is 0 Å². The maximum atomic E-state index is 12.5. The molecule has 2 aliphatic rings. The summed E-state index contributed by atoms with van der Waals surface area (Å²) in [5.74, 6) is 1.40. The van der Waals surface area contributed by atoms with E-state index in [1.807, 2.05) is 0 Å². The van der Waals surface area contributed by atoms with Crippen molar-refractivity contribution in [3.8, 4) is 0 Å². The molecule has 4 atom stereocenters. The zero-order valence-electron chi connectivity index (χ0n) is 12.7. The third-order valence-electron chi connectivity index (χ3n) is 5.15. The number of esters is 1. The number of nitrogens with two attached hydrogens (primary N) is 1. The summed E-state index contributed by atoms with van der Waals surface area (Å²) < 4.78 is 5.78. The molecule has 110 valence electrons. The lowest BCUT2D eigenvalue weighted by atomic mass is 9.74. The number of carbonyl (C=O) groups is 1. The quantitative estimate of drug-likeness (QED) is 0.781. The van der Waals surface area contributed by atoms with E-state index >= 15 is 0 Å². The van der Waals surface area contributed by atoms with Crippen molar-refractivity contribution in [2.75, 3.05) is 0 Å². The Morgan fingerprint density at radius 3 is 2.32 bits per heavy atom. The Bertz CT molecular complexity index is 321. The third kappa shape index (κ3) is 3.31. The highest BCUT2D eigenvalue weighted by atomic mass is 16.5. The van der Waals surface area contributed by atoms with E-state index in [0.29, 0.717) is 11.8 Å². The average Bonchev–Trinajstić information content (AvgIpc) is 2.31. The van der Waals surface area contributed by atoms with E-state index in [2.05, 4.69) is 20.8 Å². The van der Waals surface area contributed by atoms with Crippen LogP contribution in [0.15, 0.2) is 0 Å². The largest absolute Gasteiger partial charge is 0.461 e. The van der Waals surface area contributed by atoms with Crippen molar-refractivity contribution in [1.82, 2.24) is 0 Å². The standard InChI is InChI=1S/C16H29NO2/c1-11-8-12(2)10-14(9-11)19-15(18)16(17)7-5-4-6-13(16)3/h11-14H,4-10,17H2,1-3H3. The fourth-order valence-corrected chi connectivity index (χ4v) is 3.91. The number of rotatable bonds is 2. The highest BCUT2D eigenvalue weighted by Crippen LogP contribution is 2.35. The van der Waals surface area contributed by atoms with Gasteiger partial charge >= 0.3 is 5.97 Å². The normalized spacial score (nSPS) is 43.8. The van der Waals surface area contributed by atoms with Crippen LogP contribution in [0.4, 0.5) is 0 Å². The van der Waals surface area contributed by atoms with Gasteiger partial charge in [0.1, 0.15) is 11.6 Å². The molecule has 0 aromatic rings. The second-order valence-corrected chi connectivity index (χ2v) is 7.13. The fourth-order valence-electron chi connectivity index (χ4n) is 3.91. The summed E-state index contributed by atoms with van der Waals surface area (Å²) in [6.45, 7) is 6.59. The predicted octanol–water partition coefficient (Wildman–Crippen LogP) is 3.26. The van der Waals surface area contributed by atoms with Crippen LogP contribution < -0.4 is 5.73 Å². The van der Waals surface area contributed by atoms with Crippen molar-refractivity contribution >= 4 is 5.97 Å². The van der Waals surface area contributed by atoms with Gasteiger partial charge in [0, 0.05) is 0 Å². The van der Waals surface area contributed by atoms with E-state index in [4.69, 9.17) is 10.5 Å². The van der Waals surface area contributed by atoms with Crippen molar-refractivity contribution < 1.29 is 9.53 Å². The van der Waals surface area contributed by atoms with Crippen LogP contribution in [0.3, 0.4) is 0 Å². The van der Waals surface area contributed by atoms with Gasteiger partial charge in [-0.3, -0.25) is 4.79 Å². The van der Waals surface area contributed by atoms with Crippen LogP contribution in [0.2, 0.25) is 0 Å². The number of hydrogen-bond donors (Lipinski definition) is 1. The van der Waals surface area contributed by atoms with Crippen LogP contribution >= 0.6 is 0 Å². The summed E-state index contributed by atoms with van der Waals surface area (Å²) in [5.41, 5.74) is 5.62. The van der Waals surface area contributed by atoms with Crippen LogP contribution in [0, 0.1) is 17.8 Å². The zero-order chi connectivity index (χ0) is 14.0. The Morgan fingerprint density at radius 1 is 1.11 bits per heavy atom. The molecule has 2 rings (SSSR count). The Morgan fingerprint density at radius 2 is 1.74 bits per heavy atom. The Hall–Kier alpha value is -0.570. The SMILES string of the molecule is CC1CC(C)CC(OC(=O)C2(N)CCCCC2C)C1. The predicted molar refractivity (Wildman–Crippen MR) is 76.6 cm³/mol. The molecule has 0 aliphatic heterocycles. The molecule has 2 aliphatic carbocycles. The first kappa shape index (κ1) is 14.8. The van der Waals surface area contributed by atoms with E-state index in [1.165, 1.54) is 12.8 Å². The van der Waals surface area contributed by atoms with E-state index < -0.39 is 5.54 Å². The zero-order valence-corrected chi connectivity index (χ0v) is 12.7. The van der Waals surface area contributed by atoms with E-state index in [1.54, 1.807) is 0 Å². The van der Waals surface area contributed by atoms with Crippen LogP contribution in [-0.4, -0.2) is 17.6 Å². The highest BCUT2D eigenvalue weighted by molar-refractivity contribution is 5.81. The van der Waals surface area contributed by atoms with Crippen molar-refractivity contribution in [3.05, 3.63) is 0 Å². The summed E-state index contributed by atoms with van der Waals surface area (Å²) in [6, 6.07) is 0. The van der Waals surface area contributed by atoms with Gasteiger partial charge < -0.3 is 10.5 Å². The Balaban J connectivity index is 1.96. The lowest BCUT2D eigenvalue weighted by Gasteiger charge is -2.39. The van der Waals surface area contributed by atoms with Gasteiger partial charge in [-0.15, -0.1) is 0 Å². The average molecular weight is 267 g/mol. The molecule has 0 amide bonds. The molecule has 0 radical (unpaired) electrons. The molecule has 0 aromatic heterocycles. The maximum Gasteiger partial charge on any atom is 0.326 e. The van der Waals surface area contributed by atoms with Gasteiger partial charge in [-0.05, 0) is 49.9 Å². The maximum absolute atomic E-state index is 12.5. The molecule has 3 nitrogen and oxygen atoms in total. The van der Waals surface area contributed by atoms with Crippen LogP contribution in [0.25, 0.3) is 0 Å². The molecule has 2 N–H and O–H groups in total. The van der Waals surface area contributed by atoms with Gasteiger partial charge in [0.2, 0.25) is 0 Å². The molecular weight excluding hydrogens is 238 g/mol. The molecule has 0 spiro atoms. The molecule has 0 heterocycles. The van der Waals surface area contributed by atoms with Crippen molar-refractivity contribution in [2.45, 2.75) is 77.4 Å². The van der Waals surface area contributed by atoms with Crippen molar-refractivity contribution in [2.24, 2.45) is 23.5 Å². The topological polar surface area (TPSA) is 52.3 Å². The van der Waals surface area contributed by atoms with Gasteiger partial charge in [-0.2, -0.15) is 0 Å². The van der Waals surface area contributed by atoms with Crippen molar-refractivity contribution in [3.63, 3.8) is 0 Å². The van der Waals surface area contributed by atoms with E-state index in [0.717, 1.165) is 32.1 Å². The number of carbonyl (C=O) groups excluding carboxylic acids is 1. The second kappa shape index (κ2) is 5.82. The van der Waals surface area contributed by atoms with Gasteiger partial charge in [-0.1, -0.05) is 33.6 Å². The summed E-state index contributed by atoms with van der Waals surface area (Å²) in [4.78, 5) is 12.5. The first-order valence-electron chi connectivity index (χ1n) is 7.91. The lowest BCUT2D eigenvalue weighted by Crippen LogP contribution is -2.56. The Labute approximate surface area is 117 Å². The summed E-state index contributed by atoms with van der Waals surface area (Å²) in [7, 11) is 0. The monoisotopic (exact) mass is 267 g/mol. The highest BCUT2D eigenvalue weighted by Gasteiger charge is 2.44. The first-order valence-corrected chi connectivity index (χ1v) is 7.91. The fraction of sp³-hybridized carbons (Fsp3) is 0.938. The molecule has 4 unspecified atom stereocenters. The number of hydrogen-bond acceptors (Lipinski definition) is 3.